The molecule has 26 heavy (non-hydrogen) atoms. The van der Waals surface area contributed by atoms with Gasteiger partial charge in [-0.05, 0) is 68.4 Å². The van der Waals surface area contributed by atoms with Crippen LogP contribution in [0.25, 0.3) is 0 Å². The molecular weight excluding hydrogens is 329 g/mol. The summed E-state index contributed by atoms with van der Waals surface area (Å²) in [4.78, 5) is 26.7. The first kappa shape index (κ1) is 17.0. The number of rotatable bonds is 3. The zero-order chi connectivity index (χ0) is 18.3. The highest BCUT2D eigenvalue weighted by Gasteiger charge is 2.43. The van der Waals surface area contributed by atoms with Crippen LogP contribution in [0.1, 0.15) is 64.8 Å². The van der Waals surface area contributed by atoms with Crippen LogP contribution in [0, 0.1) is 5.82 Å². The SMILES string of the molecule is CC(=O)c1cccc(C(=O)N2[C@@H]3CC[C@H]2C[C@@H](c2ccc(F)cc2)C3)c1. The number of ketones is 1. The lowest BCUT2D eigenvalue weighted by Crippen LogP contribution is -2.46. The Labute approximate surface area is 152 Å². The first-order valence-electron chi connectivity index (χ1n) is 9.22. The van der Waals surface area contributed by atoms with Gasteiger partial charge in [0, 0.05) is 23.2 Å². The lowest BCUT2D eigenvalue weighted by atomic mass is 9.84. The molecule has 0 radical (unpaired) electrons. The normalized spacial score (nSPS) is 24.5. The molecule has 2 aliphatic heterocycles. The minimum absolute atomic E-state index is 0.0261. The molecule has 4 rings (SSSR count). The molecular formula is C22H22FNO2. The van der Waals surface area contributed by atoms with Crippen LogP contribution in [-0.2, 0) is 0 Å². The summed E-state index contributed by atoms with van der Waals surface area (Å²) in [6.07, 6.45) is 3.86. The van der Waals surface area contributed by atoms with Crippen molar-refractivity contribution in [1.29, 1.82) is 0 Å². The molecule has 4 heteroatoms. The Balaban J connectivity index is 1.55. The molecule has 0 saturated carbocycles. The van der Waals surface area contributed by atoms with Gasteiger partial charge >= 0.3 is 0 Å². The number of hydrogen-bond acceptors (Lipinski definition) is 2. The van der Waals surface area contributed by atoms with Crippen LogP contribution in [0.15, 0.2) is 48.5 Å². The molecule has 3 atom stereocenters. The van der Waals surface area contributed by atoms with Crippen molar-refractivity contribution in [1.82, 2.24) is 4.90 Å². The Bertz CT molecular complexity index is 831. The number of halogens is 1. The van der Waals surface area contributed by atoms with E-state index < -0.39 is 0 Å². The Morgan fingerprint density at radius 3 is 2.19 bits per heavy atom. The zero-order valence-electron chi connectivity index (χ0n) is 14.8. The van der Waals surface area contributed by atoms with E-state index in [1.165, 1.54) is 19.1 Å². The zero-order valence-corrected chi connectivity index (χ0v) is 14.8. The molecule has 2 aromatic carbocycles. The van der Waals surface area contributed by atoms with E-state index in [4.69, 9.17) is 0 Å². The maximum atomic E-state index is 13.2. The van der Waals surface area contributed by atoms with Gasteiger partial charge in [-0.2, -0.15) is 0 Å². The molecule has 2 aliphatic rings. The van der Waals surface area contributed by atoms with Crippen LogP contribution in [-0.4, -0.2) is 28.7 Å². The van der Waals surface area contributed by atoms with Gasteiger partial charge in [0.2, 0.25) is 0 Å². The number of carbonyl (C=O) groups excluding carboxylic acids is 2. The Kier molecular flexibility index (Phi) is 4.35. The van der Waals surface area contributed by atoms with E-state index in [0.717, 1.165) is 31.2 Å². The van der Waals surface area contributed by atoms with Gasteiger partial charge in [0.1, 0.15) is 5.82 Å². The van der Waals surface area contributed by atoms with E-state index in [0.29, 0.717) is 17.0 Å². The van der Waals surface area contributed by atoms with E-state index in [-0.39, 0.29) is 29.6 Å². The molecule has 134 valence electrons. The number of carbonyl (C=O) groups is 2. The van der Waals surface area contributed by atoms with E-state index in [1.807, 2.05) is 17.0 Å². The molecule has 0 N–H and O–H groups in total. The monoisotopic (exact) mass is 351 g/mol. The molecule has 2 saturated heterocycles. The van der Waals surface area contributed by atoms with Gasteiger partial charge in [0.25, 0.3) is 5.91 Å². The van der Waals surface area contributed by atoms with Crippen molar-refractivity contribution in [3.63, 3.8) is 0 Å². The number of Topliss-reactive ketones (excluding diaryl/α,β-unsaturated/α-hetero) is 1. The molecule has 1 amide bonds. The first-order chi connectivity index (χ1) is 12.5. The number of amides is 1. The summed E-state index contributed by atoms with van der Waals surface area (Å²) < 4.78 is 13.2. The predicted octanol–water partition coefficient (Wildman–Crippen LogP) is 4.58. The minimum Gasteiger partial charge on any atom is -0.333 e. The third-order valence-electron chi connectivity index (χ3n) is 5.83. The molecule has 0 aliphatic carbocycles. The lowest BCUT2D eigenvalue weighted by molar-refractivity contribution is 0.0571. The second kappa shape index (κ2) is 6.67. The summed E-state index contributed by atoms with van der Waals surface area (Å²) in [5, 5.41) is 0. The highest BCUT2D eigenvalue weighted by molar-refractivity contribution is 6.00. The van der Waals surface area contributed by atoms with Crippen molar-refractivity contribution < 1.29 is 14.0 Å². The van der Waals surface area contributed by atoms with E-state index >= 15 is 0 Å². The molecule has 2 fully saturated rings. The third kappa shape index (κ3) is 3.05. The molecule has 0 spiro atoms. The number of hydrogen-bond donors (Lipinski definition) is 0. The van der Waals surface area contributed by atoms with Gasteiger partial charge in [-0.15, -0.1) is 0 Å². The van der Waals surface area contributed by atoms with E-state index in [9.17, 15) is 14.0 Å². The highest BCUT2D eigenvalue weighted by Crippen LogP contribution is 2.43. The second-order valence-electron chi connectivity index (χ2n) is 7.45. The molecule has 0 aromatic heterocycles. The van der Waals surface area contributed by atoms with Crippen molar-refractivity contribution in [2.45, 2.75) is 50.6 Å². The predicted molar refractivity (Wildman–Crippen MR) is 97.8 cm³/mol. The van der Waals surface area contributed by atoms with E-state index in [1.54, 1.807) is 24.3 Å². The average molecular weight is 351 g/mol. The van der Waals surface area contributed by atoms with Crippen LogP contribution in [0.2, 0.25) is 0 Å². The summed E-state index contributed by atoms with van der Waals surface area (Å²) in [6, 6.07) is 14.2. The van der Waals surface area contributed by atoms with Crippen molar-refractivity contribution >= 4 is 11.7 Å². The fourth-order valence-electron chi connectivity index (χ4n) is 4.54. The van der Waals surface area contributed by atoms with Crippen molar-refractivity contribution in [3.8, 4) is 0 Å². The number of nitrogens with zero attached hydrogens (tertiary/aromatic N) is 1. The van der Waals surface area contributed by atoms with Gasteiger partial charge in [-0.1, -0.05) is 24.3 Å². The molecule has 2 aromatic rings. The summed E-state index contributed by atoms with van der Waals surface area (Å²) in [7, 11) is 0. The van der Waals surface area contributed by atoms with Gasteiger partial charge in [0.15, 0.2) is 5.78 Å². The maximum Gasteiger partial charge on any atom is 0.254 e. The smallest absolute Gasteiger partial charge is 0.254 e. The maximum absolute atomic E-state index is 13.2. The molecule has 3 nitrogen and oxygen atoms in total. The average Bonchev–Trinajstić information content (AvgIpc) is 2.91. The van der Waals surface area contributed by atoms with Gasteiger partial charge < -0.3 is 4.90 Å². The lowest BCUT2D eigenvalue weighted by Gasteiger charge is -2.39. The number of benzene rings is 2. The Hall–Kier alpha value is -2.49. The van der Waals surface area contributed by atoms with Crippen molar-refractivity contribution in [2.24, 2.45) is 0 Å². The largest absolute Gasteiger partial charge is 0.333 e. The summed E-state index contributed by atoms with van der Waals surface area (Å²) in [5.41, 5.74) is 2.33. The van der Waals surface area contributed by atoms with Crippen molar-refractivity contribution in [2.75, 3.05) is 0 Å². The minimum atomic E-state index is -0.213. The Morgan fingerprint density at radius 2 is 1.58 bits per heavy atom. The van der Waals surface area contributed by atoms with Crippen LogP contribution in [0.3, 0.4) is 0 Å². The number of fused-ring (bicyclic) bond motifs is 2. The summed E-state index contributed by atoms with van der Waals surface area (Å²) in [6.45, 7) is 1.52. The first-order valence-corrected chi connectivity index (χ1v) is 9.22. The van der Waals surface area contributed by atoms with Crippen LogP contribution >= 0.6 is 0 Å². The Morgan fingerprint density at radius 1 is 0.962 bits per heavy atom. The molecule has 0 unspecified atom stereocenters. The van der Waals surface area contributed by atoms with Crippen LogP contribution in [0.5, 0.6) is 0 Å². The van der Waals surface area contributed by atoms with Gasteiger partial charge in [0.05, 0.1) is 0 Å². The fraction of sp³-hybridized carbons (Fsp3) is 0.364. The summed E-state index contributed by atoms with van der Waals surface area (Å²) in [5.74, 6) is 0.159. The second-order valence-corrected chi connectivity index (χ2v) is 7.45. The molecule has 2 bridgehead atoms. The standard InChI is InChI=1S/C22H22FNO2/c1-14(25)16-3-2-4-17(11-16)22(26)24-20-9-10-21(24)13-18(12-20)15-5-7-19(23)8-6-15/h2-8,11,18,20-21H,9-10,12-13H2,1H3/t18-,20+,21-. The fourth-order valence-corrected chi connectivity index (χ4v) is 4.54. The summed E-state index contributed by atoms with van der Waals surface area (Å²) >= 11 is 0. The quantitative estimate of drug-likeness (QED) is 0.759. The van der Waals surface area contributed by atoms with Crippen LogP contribution < -0.4 is 0 Å². The van der Waals surface area contributed by atoms with Gasteiger partial charge in [-0.25, -0.2) is 4.39 Å². The highest BCUT2D eigenvalue weighted by atomic mass is 19.1. The topological polar surface area (TPSA) is 37.4 Å². The number of piperidine rings is 1. The van der Waals surface area contributed by atoms with Crippen LogP contribution in [0.4, 0.5) is 4.39 Å². The molecule has 2 heterocycles. The van der Waals surface area contributed by atoms with Crippen molar-refractivity contribution in [3.05, 3.63) is 71.0 Å². The van der Waals surface area contributed by atoms with E-state index in [2.05, 4.69) is 0 Å². The third-order valence-corrected chi connectivity index (χ3v) is 5.83. The van der Waals surface area contributed by atoms with Gasteiger partial charge in [-0.3, -0.25) is 9.59 Å².